The van der Waals surface area contributed by atoms with Crippen LogP contribution in [0.4, 0.5) is 5.69 Å². The summed E-state index contributed by atoms with van der Waals surface area (Å²) in [7, 11) is 0. The lowest BCUT2D eigenvalue weighted by Crippen LogP contribution is -2.34. The third-order valence-corrected chi connectivity index (χ3v) is 4.65. The van der Waals surface area contributed by atoms with Crippen molar-refractivity contribution < 1.29 is 9.59 Å². The van der Waals surface area contributed by atoms with Gasteiger partial charge in [0.25, 0.3) is 0 Å². The Kier molecular flexibility index (Phi) is 4.19. The fraction of sp³-hybridized carbons (Fsp3) is 0.556. The third kappa shape index (κ3) is 3.49. The Balaban J connectivity index is 1.52. The van der Waals surface area contributed by atoms with Crippen molar-refractivity contribution in [1.29, 1.82) is 0 Å². The molecule has 0 heterocycles. The summed E-state index contributed by atoms with van der Waals surface area (Å²) in [4.78, 5) is 24.4. The predicted molar refractivity (Wildman–Crippen MR) is 86.5 cm³/mol. The second kappa shape index (κ2) is 6.11. The summed E-state index contributed by atoms with van der Waals surface area (Å²) in [6, 6.07) is 6.32. The maximum absolute atomic E-state index is 12.3. The molecule has 4 heteroatoms. The highest BCUT2D eigenvalue weighted by Gasteiger charge is 2.48. The molecule has 2 aliphatic carbocycles. The van der Waals surface area contributed by atoms with E-state index >= 15 is 0 Å². The lowest BCUT2D eigenvalue weighted by molar-refractivity contribution is -0.125. The van der Waals surface area contributed by atoms with E-state index in [2.05, 4.69) is 16.7 Å². The summed E-state index contributed by atoms with van der Waals surface area (Å²) in [5, 5.41) is 6.03. The Morgan fingerprint density at radius 3 is 2.18 bits per heavy atom. The van der Waals surface area contributed by atoms with Gasteiger partial charge in [0.05, 0.1) is 11.8 Å². The van der Waals surface area contributed by atoms with Crippen LogP contribution < -0.4 is 10.6 Å². The molecule has 0 saturated heterocycles. The van der Waals surface area contributed by atoms with Crippen LogP contribution in [0.3, 0.4) is 0 Å². The molecule has 1 aromatic carbocycles. The quantitative estimate of drug-likeness (QED) is 0.898. The van der Waals surface area contributed by atoms with Crippen LogP contribution in [0.25, 0.3) is 0 Å². The van der Waals surface area contributed by atoms with Gasteiger partial charge < -0.3 is 10.6 Å². The van der Waals surface area contributed by atoms with Crippen LogP contribution in [0.5, 0.6) is 0 Å². The molecule has 3 rings (SSSR count). The molecule has 2 atom stereocenters. The van der Waals surface area contributed by atoms with Crippen molar-refractivity contribution >= 4 is 17.5 Å². The van der Waals surface area contributed by atoms with Gasteiger partial charge >= 0.3 is 0 Å². The van der Waals surface area contributed by atoms with Gasteiger partial charge in [0, 0.05) is 11.7 Å². The highest BCUT2D eigenvalue weighted by atomic mass is 16.2. The van der Waals surface area contributed by atoms with E-state index in [0.29, 0.717) is 12.5 Å². The van der Waals surface area contributed by atoms with Gasteiger partial charge in [0.15, 0.2) is 0 Å². The van der Waals surface area contributed by atoms with Crippen molar-refractivity contribution in [1.82, 2.24) is 5.32 Å². The molecule has 0 radical (unpaired) electrons. The number of carbonyl (C=O) groups excluding carboxylic acids is 2. The maximum atomic E-state index is 12.3. The highest BCUT2D eigenvalue weighted by molar-refractivity contribution is 5.99. The predicted octanol–water partition coefficient (Wildman–Crippen LogP) is 2.94. The summed E-state index contributed by atoms with van der Waals surface area (Å²) >= 11 is 0. The zero-order valence-electron chi connectivity index (χ0n) is 13.3. The van der Waals surface area contributed by atoms with Crippen molar-refractivity contribution in [2.75, 3.05) is 5.32 Å². The van der Waals surface area contributed by atoms with Crippen LogP contribution in [0, 0.1) is 25.7 Å². The van der Waals surface area contributed by atoms with Crippen molar-refractivity contribution in [3.63, 3.8) is 0 Å². The monoisotopic (exact) mass is 300 g/mol. The first-order valence-corrected chi connectivity index (χ1v) is 8.22. The van der Waals surface area contributed by atoms with E-state index in [9.17, 15) is 9.59 Å². The van der Waals surface area contributed by atoms with Crippen LogP contribution in [0.2, 0.25) is 0 Å². The molecular formula is C18H24N2O2. The Labute approximate surface area is 131 Å². The van der Waals surface area contributed by atoms with Crippen molar-refractivity contribution in [3.05, 3.63) is 29.3 Å². The fourth-order valence-electron chi connectivity index (χ4n) is 3.43. The Hall–Kier alpha value is -1.84. The smallest absolute Gasteiger partial charge is 0.228 e. The molecule has 0 aliphatic heterocycles. The number of nitrogens with one attached hydrogen (secondary N) is 2. The molecule has 0 aromatic heterocycles. The van der Waals surface area contributed by atoms with Crippen LogP contribution in [-0.2, 0) is 9.59 Å². The molecule has 118 valence electrons. The molecule has 2 N–H and O–H groups in total. The molecule has 22 heavy (non-hydrogen) atoms. The SMILES string of the molecule is Cc1cc(C)cc(NC(=O)C2CC2C(=O)NC2CCCC2)c1. The summed E-state index contributed by atoms with van der Waals surface area (Å²) in [6.07, 6.45) is 5.24. The number of hydrogen-bond acceptors (Lipinski definition) is 2. The summed E-state index contributed by atoms with van der Waals surface area (Å²) in [5.41, 5.74) is 3.08. The average molecular weight is 300 g/mol. The molecule has 0 bridgehead atoms. The van der Waals surface area contributed by atoms with E-state index in [-0.39, 0.29) is 23.7 Å². The van der Waals surface area contributed by atoms with Gasteiger partial charge in [-0.2, -0.15) is 0 Å². The number of hydrogen-bond donors (Lipinski definition) is 2. The normalized spacial score (nSPS) is 24.1. The topological polar surface area (TPSA) is 58.2 Å². The minimum absolute atomic E-state index is 0.0310. The van der Waals surface area contributed by atoms with Gasteiger partial charge in [-0.25, -0.2) is 0 Å². The summed E-state index contributed by atoms with van der Waals surface area (Å²) < 4.78 is 0. The third-order valence-electron chi connectivity index (χ3n) is 4.65. The largest absolute Gasteiger partial charge is 0.353 e. The molecule has 2 saturated carbocycles. The number of benzene rings is 1. The average Bonchev–Trinajstić information content (AvgIpc) is 3.09. The van der Waals surface area contributed by atoms with Gasteiger partial charge in [-0.05, 0) is 56.4 Å². The molecule has 1 aromatic rings. The zero-order chi connectivity index (χ0) is 15.7. The van der Waals surface area contributed by atoms with Gasteiger partial charge in [-0.1, -0.05) is 18.9 Å². The second-order valence-electron chi connectivity index (χ2n) is 6.80. The summed E-state index contributed by atoms with van der Waals surface area (Å²) in [5.74, 6) is -0.266. The minimum Gasteiger partial charge on any atom is -0.353 e. The number of carbonyl (C=O) groups is 2. The number of amides is 2. The molecule has 2 amide bonds. The molecule has 2 fully saturated rings. The molecule has 2 unspecified atom stereocenters. The Morgan fingerprint density at radius 1 is 0.955 bits per heavy atom. The van der Waals surface area contributed by atoms with E-state index in [1.165, 1.54) is 12.8 Å². The molecule has 2 aliphatic rings. The van der Waals surface area contributed by atoms with Crippen LogP contribution in [-0.4, -0.2) is 17.9 Å². The molecular weight excluding hydrogens is 276 g/mol. The molecule has 4 nitrogen and oxygen atoms in total. The van der Waals surface area contributed by atoms with Gasteiger partial charge in [-0.3, -0.25) is 9.59 Å². The Morgan fingerprint density at radius 2 is 1.55 bits per heavy atom. The first-order valence-electron chi connectivity index (χ1n) is 8.22. The minimum atomic E-state index is -0.165. The number of rotatable bonds is 4. The standard InChI is InChI=1S/C18H24N2O2/c1-11-7-12(2)9-14(8-11)20-18(22)16-10-15(16)17(21)19-13-5-3-4-6-13/h7-9,13,15-16H,3-6,10H2,1-2H3,(H,19,21)(H,20,22). The van der Waals surface area contributed by atoms with E-state index in [4.69, 9.17) is 0 Å². The van der Waals surface area contributed by atoms with Crippen molar-refractivity contribution in [3.8, 4) is 0 Å². The van der Waals surface area contributed by atoms with Crippen molar-refractivity contribution in [2.24, 2.45) is 11.8 Å². The van der Waals surface area contributed by atoms with E-state index in [0.717, 1.165) is 29.7 Å². The molecule has 0 spiro atoms. The van der Waals surface area contributed by atoms with Crippen LogP contribution in [0.15, 0.2) is 18.2 Å². The van der Waals surface area contributed by atoms with Gasteiger partial charge in [0.1, 0.15) is 0 Å². The number of aryl methyl sites for hydroxylation is 2. The van der Waals surface area contributed by atoms with Crippen LogP contribution in [0.1, 0.15) is 43.2 Å². The number of anilines is 1. The van der Waals surface area contributed by atoms with Crippen LogP contribution >= 0.6 is 0 Å². The van der Waals surface area contributed by atoms with Gasteiger partial charge in [-0.15, -0.1) is 0 Å². The maximum Gasteiger partial charge on any atom is 0.228 e. The van der Waals surface area contributed by atoms with E-state index < -0.39 is 0 Å². The lowest BCUT2D eigenvalue weighted by Gasteiger charge is -2.11. The lowest BCUT2D eigenvalue weighted by atomic mass is 10.1. The first-order chi connectivity index (χ1) is 10.5. The first kappa shape index (κ1) is 15.1. The Bertz CT molecular complexity index is 570. The fourth-order valence-corrected chi connectivity index (χ4v) is 3.43. The van der Waals surface area contributed by atoms with E-state index in [1.54, 1.807) is 0 Å². The highest BCUT2D eigenvalue weighted by Crippen LogP contribution is 2.40. The van der Waals surface area contributed by atoms with E-state index in [1.807, 2.05) is 26.0 Å². The van der Waals surface area contributed by atoms with Gasteiger partial charge in [0.2, 0.25) is 11.8 Å². The van der Waals surface area contributed by atoms with Crippen molar-refractivity contribution in [2.45, 2.75) is 52.0 Å². The summed E-state index contributed by atoms with van der Waals surface area (Å²) in [6.45, 7) is 4.02. The second-order valence-corrected chi connectivity index (χ2v) is 6.80. The zero-order valence-corrected chi connectivity index (χ0v) is 13.3.